The number of hydrogen-bond acceptors (Lipinski definition) is 3. The van der Waals surface area contributed by atoms with Crippen LogP contribution < -0.4 is 10.0 Å². The van der Waals surface area contributed by atoms with Gasteiger partial charge in [0.15, 0.2) is 0 Å². The first-order valence-electron chi connectivity index (χ1n) is 5.35. The third kappa shape index (κ3) is 3.24. The molecule has 0 amide bonds. The molecular weight excluding hydrogens is 243 g/mol. The highest BCUT2D eigenvalue weighted by Crippen LogP contribution is 2.20. The van der Waals surface area contributed by atoms with Crippen molar-refractivity contribution in [1.82, 2.24) is 10.0 Å². The lowest BCUT2D eigenvalue weighted by atomic mass is 10.1. The van der Waals surface area contributed by atoms with E-state index in [9.17, 15) is 12.8 Å². The molecule has 1 aromatic carbocycles. The van der Waals surface area contributed by atoms with Crippen molar-refractivity contribution >= 4 is 10.0 Å². The average Bonchev–Trinajstić information content (AvgIpc) is 2.23. The standard InChI is InChI=1S/C11H17FN2O2S/c1-4-14-17(15,16)11-6-9(7-13-3)5-10(12)8(11)2/h5-6,13-14H,4,7H2,1-3H3. The normalized spacial score (nSPS) is 11.8. The molecule has 1 rings (SSSR count). The molecule has 0 fully saturated rings. The monoisotopic (exact) mass is 260 g/mol. The molecule has 0 aliphatic rings. The Kier molecular flexibility index (Phi) is 4.62. The van der Waals surface area contributed by atoms with E-state index >= 15 is 0 Å². The summed E-state index contributed by atoms with van der Waals surface area (Å²) in [4.78, 5) is 0.00426. The third-order valence-corrected chi connectivity index (χ3v) is 4.03. The van der Waals surface area contributed by atoms with Crippen LogP contribution in [0.4, 0.5) is 4.39 Å². The highest BCUT2D eigenvalue weighted by molar-refractivity contribution is 7.89. The third-order valence-electron chi connectivity index (χ3n) is 2.36. The van der Waals surface area contributed by atoms with Crippen molar-refractivity contribution < 1.29 is 12.8 Å². The van der Waals surface area contributed by atoms with E-state index in [1.165, 1.54) is 19.1 Å². The highest BCUT2D eigenvalue weighted by atomic mass is 32.2. The van der Waals surface area contributed by atoms with E-state index in [0.717, 1.165) is 0 Å². The van der Waals surface area contributed by atoms with E-state index < -0.39 is 15.8 Å². The molecule has 0 saturated heterocycles. The summed E-state index contributed by atoms with van der Waals surface area (Å²) >= 11 is 0. The molecule has 1 aromatic rings. The lowest BCUT2D eigenvalue weighted by Crippen LogP contribution is -2.24. The summed E-state index contributed by atoms with van der Waals surface area (Å²) in [5.41, 5.74) is 0.748. The van der Waals surface area contributed by atoms with Gasteiger partial charge in [-0.25, -0.2) is 17.5 Å². The van der Waals surface area contributed by atoms with E-state index in [-0.39, 0.29) is 17.0 Å². The minimum Gasteiger partial charge on any atom is -0.316 e. The zero-order valence-corrected chi connectivity index (χ0v) is 11.0. The maximum atomic E-state index is 13.6. The Labute approximate surface area is 101 Å². The fourth-order valence-corrected chi connectivity index (χ4v) is 2.90. The predicted octanol–water partition coefficient (Wildman–Crippen LogP) is 1.15. The topological polar surface area (TPSA) is 58.2 Å². The minimum atomic E-state index is -3.62. The van der Waals surface area contributed by atoms with Crippen molar-refractivity contribution in [2.75, 3.05) is 13.6 Å². The predicted molar refractivity (Wildman–Crippen MR) is 64.8 cm³/mol. The molecule has 0 unspecified atom stereocenters. The molecule has 17 heavy (non-hydrogen) atoms. The van der Waals surface area contributed by atoms with Crippen LogP contribution in [0.1, 0.15) is 18.1 Å². The first-order chi connectivity index (χ1) is 7.92. The number of rotatable bonds is 5. The lowest BCUT2D eigenvalue weighted by Gasteiger charge is -2.11. The van der Waals surface area contributed by atoms with Gasteiger partial charge < -0.3 is 5.32 Å². The molecule has 0 heterocycles. The van der Waals surface area contributed by atoms with Gasteiger partial charge in [-0.1, -0.05) is 6.92 Å². The van der Waals surface area contributed by atoms with Crippen LogP contribution in [0.5, 0.6) is 0 Å². The zero-order valence-electron chi connectivity index (χ0n) is 10.2. The first-order valence-corrected chi connectivity index (χ1v) is 6.84. The molecule has 0 saturated carbocycles. The summed E-state index contributed by atoms with van der Waals surface area (Å²) in [5, 5.41) is 2.86. The van der Waals surface area contributed by atoms with Crippen LogP contribution in [0.25, 0.3) is 0 Å². The molecule has 0 atom stereocenters. The molecule has 4 nitrogen and oxygen atoms in total. The van der Waals surface area contributed by atoms with Gasteiger partial charge in [-0.05, 0) is 31.7 Å². The van der Waals surface area contributed by atoms with Crippen LogP contribution in [0.2, 0.25) is 0 Å². The second-order valence-corrected chi connectivity index (χ2v) is 5.47. The summed E-state index contributed by atoms with van der Waals surface area (Å²) in [5.74, 6) is -0.505. The Hall–Kier alpha value is -0.980. The van der Waals surface area contributed by atoms with Crippen LogP contribution in [0, 0.1) is 12.7 Å². The van der Waals surface area contributed by atoms with Crippen LogP contribution in [0.3, 0.4) is 0 Å². The molecule has 96 valence electrons. The maximum Gasteiger partial charge on any atom is 0.240 e. The van der Waals surface area contributed by atoms with Crippen molar-refractivity contribution in [3.8, 4) is 0 Å². The Balaban J connectivity index is 3.32. The van der Waals surface area contributed by atoms with Gasteiger partial charge in [0, 0.05) is 18.7 Å². The molecular formula is C11H17FN2O2S. The number of benzene rings is 1. The van der Waals surface area contributed by atoms with Gasteiger partial charge >= 0.3 is 0 Å². The van der Waals surface area contributed by atoms with Crippen molar-refractivity contribution in [2.24, 2.45) is 0 Å². The fourth-order valence-electron chi connectivity index (χ4n) is 1.56. The zero-order chi connectivity index (χ0) is 13.1. The highest BCUT2D eigenvalue weighted by Gasteiger charge is 2.19. The van der Waals surface area contributed by atoms with E-state index in [0.29, 0.717) is 12.1 Å². The van der Waals surface area contributed by atoms with Gasteiger partial charge in [-0.2, -0.15) is 0 Å². The van der Waals surface area contributed by atoms with E-state index in [4.69, 9.17) is 0 Å². The summed E-state index contributed by atoms with van der Waals surface area (Å²) in [6.45, 7) is 3.84. The quantitative estimate of drug-likeness (QED) is 0.835. The largest absolute Gasteiger partial charge is 0.316 e. The molecule has 6 heteroatoms. The van der Waals surface area contributed by atoms with Crippen LogP contribution in [-0.2, 0) is 16.6 Å². The van der Waals surface area contributed by atoms with E-state index in [1.807, 2.05) is 0 Å². The molecule has 0 aliphatic carbocycles. The van der Waals surface area contributed by atoms with Gasteiger partial charge in [0.05, 0.1) is 4.90 Å². The molecule has 2 N–H and O–H groups in total. The van der Waals surface area contributed by atoms with Gasteiger partial charge in [0.1, 0.15) is 5.82 Å². The van der Waals surface area contributed by atoms with Gasteiger partial charge in [-0.15, -0.1) is 0 Å². The Morgan fingerprint density at radius 3 is 2.53 bits per heavy atom. The second kappa shape index (κ2) is 5.57. The summed E-state index contributed by atoms with van der Waals surface area (Å²) in [6.07, 6.45) is 0. The lowest BCUT2D eigenvalue weighted by molar-refractivity contribution is 0.575. The second-order valence-electron chi connectivity index (χ2n) is 3.73. The summed E-state index contributed by atoms with van der Waals surface area (Å²) < 4.78 is 39.7. The minimum absolute atomic E-state index is 0.00426. The van der Waals surface area contributed by atoms with Crippen LogP contribution in [0.15, 0.2) is 17.0 Å². The van der Waals surface area contributed by atoms with Crippen molar-refractivity contribution in [3.63, 3.8) is 0 Å². The molecule has 0 bridgehead atoms. The number of halogens is 1. The maximum absolute atomic E-state index is 13.6. The van der Waals surface area contributed by atoms with Crippen molar-refractivity contribution in [1.29, 1.82) is 0 Å². The molecule has 0 radical (unpaired) electrons. The SMILES string of the molecule is CCNS(=O)(=O)c1cc(CNC)cc(F)c1C. The van der Waals surface area contributed by atoms with Gasteiger partial charge in [-0.3, -0.25) is 0 Å². The van der Waals surface area contributed by atoms with Gasteiger partial charge in [0.25, 0.3) is 0 Å². The average molecular weight is 260 g/mol. The number of hydrogen-bond donors (Lipinski definition) is 2. The fraction of sp³-hybridized carbons (Fsp3) is 0.455. The number of sulfonamides is 1. The number of nitrogens with one attached hydrogen (secondary N) is 2. The summed E-state index contributed by atoms with van der Waals surface area (Å²) in [6, 6.07) is 2.84. The Bertz CT molecular complexity index is 500. The van der Waals surface area contributed by atoms with Crippen LogP contribution >= 0.6 is 0 Å². The van der Waals surface area contributed by atoms with E-state index in [2.05, 4.69) is 10.0 Å². The summed E-state index contributed by atoms with van der Waals surface area (Å²) in [7, 11) is -1.90. The molecule has 0 aliphatic heterocycles. The smallest absolute Gasteiger partial charge is 0.240 e. The van der Waals surface area contributed by atoms with Crippen molar-refractivity contribution in [2.45, 2.75) is 25.3 Å². The Morgan fingerprint density at radius 1 is 1.35 bits per heavy atom. The molecule has 0 aromatic heterocycles. The van der Waals surface area contributed by atoms with Crippen molar-refractivity contribution in [3.05, 3.63) is 29.1 Å². The Morgan fingerprint density at radius 2 is 2.00 bits per heavy atom. The first kappa shape index (κ1) is 14.1. The van der Waals surface area contributed by atoms with Crippen LogP contribution in [-0.4, -0.2) is 22.0 Å². The van der Waals surface area contributed by atoms with Gasteiger partial charge in [0.2, 0.25) is 10.0 Å². The van der Waals surface area contributed by atoms with E-state index in [1.54, 1.807) is 14.0 Å². The molecule has 0 spiro atoms.